The number of phenolic OH excluding ortho intramolecular Hbond substituents is 2. The van der Waals surface area contributed by atoms with E-state index in [4.69, 9.17) is 0 Å². The average molecular weight is 515 g/mol. The molecule has 0 aliphatic carbocycles. The van der Waals surface area contributed by atoms with E-state index in [-0.39, 0.29) is 29.1 Å². The summed E-state index contributed by atoms with van der Waals surface area (Å²) in [5.74, 6) is 0.781. The first-order valence-corrected chi connectivity index (χ1v) is 12.5. The molecule has 0 atom stereocenters. The zero-order valence-corrected chi connectivity index (χ0v) is 21.5. The number of anilines is 1. The van der Waals surface area contributed by atoms with E-state index in [1.807, 2.05) is 56.0 Å². The molecule has 0 radical (unpaired) electrons. The number of aromatic hydroxyl groups is 2. The van der Waals surface area contributed by atoms with E-state index < -0.39 is 5.69 Å². The Hall–Kier alpha value is -4.60. The molecule has 1 amide bonds. The highest BCUT2D eigenvalue weighted by atomic mass is 16.3. The van der Waals surface area contributed by atoms with Gasteiger partial charge in [-0.25, -0.2) is 19.4 Å². The van der Waals surface area contributed by atoms with Gasteiger partial charge in [0.2, 0.25) is 0 Å². The van der Waals surface area contributed by atoms with E-state index >= 15 is 0 Å². The standard InChI is InChI=1S/C28H30N6O4/c1-17(2)21-14-22(24(36)15-23(21)35)26-30-31-28(38)34(26)20-8-9-25(29-16-20)32-10-12-33(13-11-32)27(37)19-6-4-18(3)5-7-19/h4-9,14-17,35-36H,10-13H2,1-3H3,(H,31,38). The number of aryl methyl sites for hydroxylation is 1. The predicted octanol–water partition coefficient (Wildman–Crippen LogP) is 3.43. The molecule has 0 spiro atoms. The predicted molar refractivity (Wildman–Crippen MR) is 144 cm³/mol. The van der Waals surface area contributed by atoms with Crippen molar-refractivity contribution in [1.82, 2.24) is 24.6 Å². The summed E-state index contributed by atoms with van der Waals surface area (Å²) >= 11 is 0. The van der Waals surface area contributed by atoms with E-state index in [9.17, 15) is 19.8 Å². The number of carbonyl (C=O) groups excluding carboxylic acids is 1. The van der Waals surface area contributed by atoms with Gasteiger partial charge in [-0.05, 0) is 48.7 Å². The number of aromatic amines is 1. The smallest absolute Gasteiger partial charge is 0.348 e. The maximum atomic E-state index is 12.8. The van der Waals surface area contributed by atoms with Crippen LogP contribution in [0.1, 0.15) is 41.3 Å². The van der Waals surface area contributed by atoms with Crippen molar-refractivity contribution in [3.63, 3.8) is 0 Å². The summed E-state index contributed by atoms with van der Waals surface area (Å²) in [7, 11) is 0. The van der Waals surface area contributed by atoms with Crippen LogP contribution in [0.3, 0.4) is 0 Å². The maximum absolute atomic E-state index is 12.8. The Balaban J connectivity index is 1.34. The Bertz CT molecular complexity index is 1510. The van der Waals surface area contributed by atoms with E-state index in [0.29, 0.717) is 48.6 Å². The maximum Gasteiger partial charge on any atom is 0.348 e. The third-order valence-corrected chi connectivity index (χ3v) is 6.86. The minimum Gasteiger partial charge on any atom is -0.508 e. The molecule has 3 heterocycles. The van der Waals surface area contributed by atoms with Gasteiger partial charge in [-0.1, -0.05) is 31.5 Å². The zero-order valence-electron chi connectivity index (χ0n) is 21.5. The lowest BCUT2D eigenvalue weighted by molar-refractivity contribution is 0.0746. The van der Waals surface area contributed by atoms with Crippen molar-refractivity contribution < 1.29 is 15.0 Å². The second kappa shape index (κ2) is 10.0. The van der Waals surface area contributed by atoms with Crippen LogP contribution in [0.2, 0.25) is 0 Å². The van der Waals surface area contributed by atoms with Crippen molar-refractivity contribution in [2.45, 2.75) is 26.7 Å². The normalized spacial score (nSPS) is 13.8. The van der Waals surface area contributed by atoms with E-state index in [1.54, 1.807) is 18.3 Å². The molecule has 196 valence electrons. The van der Waals surface area contributed by atoms with Crippen LogP contribution in [0.15, 0.2) is 59.5 Å². The minimum absolute atomic E-state index is 0.00191. The summed E-state index contributed by atoms with van der Waals surface area (Å²) in [6.45, 7) is 8.29. The zero-order chi connectivity index (χ0) is 27.0. The number of carbonyl (C=O) groups is 1. The molecule has 10 nitrogen and oxygen atoms in total. The molecule has 0 bridgehead atoms. The van der Waals surface area contributed by atoms with E-state index in [2.05, 4.69) is 20.1 Å². The number of hydrogen-bond donors (Lipinski definition) is 3. The quantitative estimate of drug-likeness (QED) is 0.372. The topological polar surface area (TPSA) is 128 Å². The van der Waals surface area contributed by atoms with Gasteiger partial charge in [0.05, 0.1) is 17.4 Å². The molecule has 1 fully saturated rings. The fraction of sp³-hybridized carbons (Fsp3) is 0.286. The fourth-order valence-corrected chi connectivity index (χ4v) is 4.67. The van der Waals surface area contributed by atoms with Crippen LogP contribution >= 0.6 is 0 Å². The number of benzene rings is 2. The highest BCUT2D eigenvalue weighted by Crippen LogP contribution is 2.37. The summed E-state index contributed by atoms with van der Waals surface area (Å²) < 4.78 is 1.34. The molecular formula is C28H30N6O4. The van der Waals surface area contributed by atoms with Crippen molar-refractivity contribution in [3.05, 3.63) is 81.9 Å². The Morgan fingerprint density at radius 3 is 2.32 bits per heavy atom. The van der Waals surface area contributed by atoms with Gasteiger partial charge < -0.3 is 20.0 Å². The number of aromatic nitrogens is 4. The van der Waals surface area contributed by atoms with Gasteiger partial charge in [0, 0.05) is 37.8 Å². The Kier molecular flexibility index (Phi) is 6.62. The molecule has 4 aromatic rings. The van der Waals surface area contributed by atoms with E-state index in [0.717, 1.165) is 11.4 Å². The summed E-state index contributed by atoms with van der Waals surface area (Å²) in [5, 5.41) is 27.3. The lowest BCUT2D eigenvalue weighted by Crippen LogP contribution is -2.49. The van der Waals surface area contributed by atoms with Crippen molar-refractivity contribution >= 4 is 11.7 Å². The number of nitrogens with one attached hydrogen (secondary N) is 1. The Morgan fingerprint density at radius 1 is 0.974 bits per heavy atom. The van der Waals surface area contributed by atoms with Crippen molar-refractivity contribution in [2.75, 3.05) is 31.1 Å². The lowest BCUT2D eigenvalue weighted by atomic mass is 9.98. The summed E-state index contributed by atoms with van der Waals surface area (Å²) in [4.78, 5) is 34.0. The third-order valence-electron chi connectivity index (χ3n) is 6.86. The van der Waals surface area contributed by atoms with E-state index in [1.165, 1.54) is 10.6 Å². The number of amides is 1. The van der Waals surface area contributed by atoms with Crippen LogP contribution in [0.25, 0.3) is 17.1 Å². The minimum atomic E-state index is -0.476. The molecule has 3 N–H and O–H groups in total. The molecule has 10 heteroatoms. The van der Waals surface area contributed by atoms with Crippen molar-refractivity contribution in [2.24, 2.45) is 0 Å². The fourth-order valence-electron chi connectivity index (χ4n) is 4.67. The number of H-pyrrole nitrogens is 1. The molecule has 2 aromatic heterocycles. The average Bonchev–Trinajstić information content (AvgIpc) is 3.29. The largest absolute Gasteiger partial charge is 0.508 e. The van der Waals surface area contributed by atoms with Crippen LogP contribution in [-0.4, -0.2) is 66.9 Å². The molecule has 38 heavy (non-hydrogen) atoms. The molecule has 1 aliphatic rings. The van der Waals surface area contributed by atoms with Gasteiger partial charge in [-0.3, -0.25) is 4.79 Å². The molecular weight excluding hydrogens is 484 g/mol. The van der Waals surface area contributed by atoms with Gasteiger partial charge in [0.1, 0.15) is 17.3 Å². The first-order chi connectivity index (χ1) is 18.2. The SMILES string of the molecule is Cc1ccc(C(=O)N2CCN(c3ccc(-n4c(-c5cc(C(C)C)c(O)cc5O)n[nH]c4=O)cn3)CC2)cc1. The second-order valence-electron chi connectivity index (χ2n) is 9.79. The summed E-state index contributed by atoms with van der Waals surface area (Å²) in [6, 6.07) is 14.1. The number of rotatable bonds is 5. The van der Waals surface area contributed by atoms with Gasteiger partial charge in [0.15, 0.2) is 5.82 Å². The Morgan fingerprint density at radius 2 is 1.68 bits per heavy atom. The molecule has 2 aromatic carbocycles. The molecule has 0 unspecified atom stereocenters. The summed E-state index contributed by atoms with van der Waals surface area (Å²) in [5.41, 5.74) is 2.76. The van der Waals surface area contributed by atoms with Crippen LogP contribution in [-0.2, 0) is 0 Å². The first kappa shape index (κ1) is 25.1. The molecule has 1 saturated heterocycles. The molecule has 5 rings (SSSR count). The van der Waals surface area contributed by atoms with Crippen LogP contribution in [0.5, 0.6) is 11.5 Å². The van der Waals surface area contributed by atoms with Crippen LogP contribution in [0, 0.1) is 6.92 Å². The van der Waals surface area contributed by atoms with Gasteiger partial charge in [-0.15, -0.1) is 0 Å². The Labute approximate surface area is 219 Å². The highest BCUT2D eigenvalue weighted by molar-refractivity contribution is 5.94. The second-order valence-corrected chi connectivity index (χ2v) is 9.79. The van der Waals surface area contributed by atoms with Crippen LogP contribution in [0.4, 0.5) is 5.82 Å². The van der Waals surface area contributed by atoms with Gasteiger partial charge in [0.25, 0.3) is 5.91 Å². The monoisotopic (exact) mass is 514 g/mol. The van der Waals surface area contributed by atoms with Crippen LogP contribution < -0.4 is 10.6 Å². The first-order valence-electron chi connectivity index (χ1n) is 12.5. The van der Waals surface area contributed by atoms with Crippen molar-refractivity contribution in [3.8, 4) is 28.6 Å². The summed E-state index contributed by atoms with van der Waals surface area (Å²) in [6.07, 6.45) is 1.58. The number of piperazine rings is 1. The highest BCUT2D eigenvalue weighted by Gasteiger charge is 2.24. The number of phenols is 2. The van der Waals surface area contributed by atoms with Gasteiger partial charge in [-0.2, -0.15) is 5.10 Å². The molecule has 1 aliphatic heterocycles. The number of nitrogens with zero attached hydrogens (tertiary/aromatic N) is 5. The number of pyridine rings is 1. The van der Waals surface area contributed by atoms with Gasteiger partial charge >= 0.3 is 5.69 Å². The lowest BCUT2D eigenvalue weighted by Gasteiger charge is -2.35. The third kappa shape index (κ3) is 4.72. The molecule has 0 saturated carbocycles. The number of hydrogen-bond acceptors (Lipinski definition) is 7. The van der Waals surface area contributed by atoms with Crippen molar-refractivity contribution in [1.29, 1.82) is 0 Å².